The van der Waals surface area contributed by atoms with E-state index in [0.717, 1.165) is 12.1 Å². The van der Waals surface area contributed by atoms with Crippen LogP contribution in [0.2, 0.25) is 5.02 Å². The summed E-state index contributed by atoms with van der Waals surface area (Å²) in [6, 6.07) is 1.69. The van der Waals surface area contributed by atoms with Crippen LogP contribution in [0, 0.1) is 5.82 Å². The van der Waals surface area contributed by atoms with Gasteiger partial charge in [0.1, 0.15) is 11.9 Å². The molecule has 17 heavy (non-hydrogen) atoms. The summed E-state index contributed by atoms with van der Waals surface area (Å²) in [5.41, 5.74) is 0.197. The highest BCUT2D eigenvalue weighted by Gasteiger charge is 2.14. The molecule has 0 saturated carbocycles. The molecule has 1 rings (SSSR count). The fraction of sp³-hybridized carbons (Fsp3) is 0.200. The number of hydrogen-bond acceptors (Lipinski definition) is 2. The van der Waals surface area contributed by atoms with Crippen LogP contribution in [0.4, 0.5) is 14.9 Å². The third-order valence-corrected chi connectivity index (χ3v) is 2.21. The van der Waals surface area contributed by atoms with Crippen LogP contribution in [0.5, 0.6) is 0 Å². The molecule has 0 aliphatic rings. The van der Waals surface area contributed by atoms with Crippen molar-refractivity contribution in [3.63, 3.8) is 0 Å². The molecule has 0 saturated heterocycles. The van der Waals surface area contributed by atoms with Gasteiger partial charge in [0, 0.05) is 0 Å². The van der Waals surface area contributed by atoms with Crippen molar-refractivity contribution in [1.29, 1.82) is 0 Å². The zero-order valence-corrected chi connectivity index (χ0v) is 9.58. The quantitative estimate of drug-likeness (QED) is 0.778. The van der Waals surface area contributed by atoms with Gasteiger partial charge >= 0.3 is 12.0 Å². The monoisotopic (exact) mass is 260 g/mol. The second kappa shape index (κ2) is 5.49. The van der Waals surface area contributed by atoms with E-state index in [1.54, 1.807) is 0 Å². The molecule has 0 bridgehead atoms. The number of carboxylic acids is 1. The van der Waals surface area contributed by atoms with Gasteiger partial charge in [0.2, 0.25) is 0 Å². The summed E-state index contributed by atoms with van der Waals surface area (Å²) in [6.07, 6.45) is 0. The molecule has 7 heteroatoms. The second-order valence-corrected chi connectivity index (χ2v) is 3.69. The van der Waals surface area contributed by atoms with Gasteiger partial charge in [-0.3, -0.25) is 4.79 Å². The maximum Gasteiger partial charge on any atom is 0.325 e. The van der Waals surface area contributed by atoms with E-state index in [1.165, 1.54) is 13.0 Å². The molecule has 0 radical (unpaired) electrons. The molecule has 0 fully saturated rings. The number of halogens is 2. The van der Waals surface area contributed by atoms with Crippen LogP contribution < -0.4 is 10.6 Å². The fourth-order valence-electron chi connectivity index (χ4n) is 1.01. The predicted octanol–water partition coefficient (Wildman–Crippen LogP) is 2.07. The molecule has 1 aromatic carbocycles. The van der Waals surface area contributed by atoms with Crippen molar-refractivity contribution < 1.29 is 19.1 Å². The van der Waals surface area contributed by atoms with Gasteiger partial charge in [0.15, 0.2) is 0 Å². The number of aliphatic carboxylic acids is 1. The first-order chi connectivity index (χ1) is 7.90. The average molecular weight is 261 g/mol. The first-order valence-electron chi connectivity index (χ1n) is 4.65. The number of carbonyl (C=O) groups excluding carboxylic acids is 1. The zero-order chi connectivity index (χ0) is 13.0. The lowest BCUT2D eigenvalue weighted by Gasteiger charge is -2.11. The Balaban J connectivity index is 2.65. The van der Waals surface area contributed by atoms with Crippen molar-refractivity contribution in [3.05, 3.63) is 29.0 Å². The molecule has 0 heterocycles. The van der Waals surface area contributed by atoms with Gasteiger partial charge in [0.25, 0.3) is 0 Å². The molecular formula is C10H10ClFN2O3. The number of rotatable bonds is 3. The Labute approximate surface area is 102 Å². The Morgan fingerprint density at radius 2 is 2.12 bits per heavy atom. The van der Waals surface area contributed by atoms with Crippen molar-refractivity contribution >= 4 is 29.3 Å². The lowest BCUT2D eigenvalue weighted by Crippen LogP contribution is -2.40. The van der Waals surface area contributed by atoms with Crippen molar-refractivity contribution in [1.82, 2.24) is 5.32 Å². The van der Waals surface area contributed by atoms with Crippen LogP contribution in [0.3, 0.4) is 0 Å². The highest BCUT2D eigenvalue weighted by molar-refractivity contribution is 6.33. The van der Waals surface area contributed by atoms with Gasteiger partial charge in [-0.05, 0) is 25.1 Å². The number of carboxylic acid groups (broad SMARTS) is 1. The van der Waals surface area contributed by atoms with E-state index in [0.29, 0.717) is 0 Å². The number of amides is 2. The van der Waals surface area contributed by atoms with E-state index >= 15 is 0 Å². The van der Waals surface area contributed by atoms with E-state index in [4.69, 9.17) is 16.7 Å². The molecule has 0 unspecified atom stereocenters. The van der Waals surface area contributed by atoms with E-state index in [1.807, 2.05) is 0 Å². The van der Waals surface area contributed by atoms with E-state index < -0.39 is 23.9 Å². The summed E-state index contributed by atoms with van der Waals surface area (Å²) in [5.74, 6) is -1.69. The summed E-state index contributed by atoms with van der Waals surface area (Å²) in [4.78, 5) is 21.8. The van der Waals surface area contributed by atoms with Crippen LogP contribution in [0.15, 0.2) is 18.2 Å². The number of urea groups is 1. The van der Waals surface area contributed by atoms with Crippen molar-refractivity contribution in [2.24, 2.45) is 0 Å². The minimum atomic E-state index is -1.16. The average Bonchev–Trinajstić information content (AvgIpc) is 2.22. The SMILES string of the molecule is C[C@@H](NC(=O)Nc1ccc(F)cc1Cl)C(=O)O. The maximum atomic E-state index is 12.7. The van der Waals surface area contributed by atoms with E-state index in [9.17, 15) is 14.0 Å². The molecular weight excluding hydrogens is 251 g/mol. The molecule has 0 aromatic heterocycles. The summed E-state index contributed by atoms with van der Waals surface area (Å²) in [7, 11) is 0. The predicted molar refractivity (Wildman–Crippen MR) is 60.7 cm³/mol. The number of carbonyl (C=O) groups is 2. The minimum Gasteiger partial charge on any atom is -0.480 e. The Morgan fingerprint density at radius 1 is 1.47 bits per heavy atom. The molecule has 2 amide bonds. The molecule has 0 spiro atoms. The third-order valence-electron chi connectivity index (χ3n) is 1.90. The molecule has 3 N–H and O–H groups in total. The second-order valence-electron chi connectivity index (χ2n) is 3.28. The van der Waals surface area contributed by atoms with Crippen LogP contribution in [-0.2, 0) is 4.79 Å². The zero-order valence-electron chi connectivity index (χ0n) is 8.83. The Bertz CT molecular complexity index is 453. The maximum absolute atomic E-state index is 12.7. The van der Waals surface area contributed by atoms with Gasteiger partial charge < -0.3 is 15.7 Å². The Hall–Kier alpha value is -1.82. The van der Waals surface area contributed by atoms with Crippen LogP contribution in [0.25, 0.3) is 0 Å². The van der Waals surface area contributed by atoms with Crippen LogP contribution >= 0.6 is 11.6 Å². The standard InChI is InChI=1S/C10H10ClFN2O3/c1-5(9(15)16)13-10(17)14-8-3-2-6(12)4-7(8)11/h2-5H,1H3,(H,15,16)(H2,13,14,17)/t5-/m1/s1. The summed E-state index contributed by atoms with van der Waals surface area (Å²) >= 11 is 5.67. The molecule has 92 valence electrons. The van der Waals surface area contributed by atoms with Gasteiger partial charge in [0.05, 0.1) is 10.7 Å². The van der Waals surface area contributed by atoms with E-state index in [-0.39, 0.29) is 10.7 Å². The highest BCUT2D eigenvalue weighted by Crippen LogP contribution is 2.22. The van der Waals surface area contributed by atoms with E-state index in [2.05, 4.69) is 10.6 Å². The Morgan fingerprint density at radius 3 is 2.65 bits per heavy atom. The summed E-state index contributed by atoms with van der Waals surface area (Å²) in [5, 5.41) is 13.1. The minimum absolute atomic E-state index is 0.0307. The third kappa shape index (κ3) is 3.92. The lowest BCUT2D eigenvalue weighted by atomic mass is 10.3. The van der Waals surface area contributed by atoms with Crippen molar-refractivity contribution in [2.75, 3.05) is 5.32 Å². The van der Waals surface area contributed by atoms with Gasteiger partial charge in [-0.2, -0.15) is 0 Å². The topological polar surface area (TPSA) is 78.4 Å². The van der Waals surface area contributed by atoms with Crippen LogP contribution in [0.1, 0.15) is 6.92 Å². The largest absolute Gasteiger partial charge is 0.480 e. The first-order valence-corrected chi connectivity index (χ1v) is 5.03. The molecule has 0 aliphatic heterocycles. The first kappa shape index (κ1) is 13.2. The summed E-state index contributed by atoms with van der Waals surface area (Å²) in [6.45, 7) is 1.31. The highest BCUT2D eigenvalue weighted by atomic mass is 35.5. The molecule has 1 atom stereocenters. The molecule has 1 aromatic rings. The molecule has 5 nitrogen and oxygen atoms in total. The smallest absolute Gasteiger partial charge is 0.325 e. The van der Waals surface area contributed by atoms with Gasteiger partial charge in [-0.25, -0.2) is 9.18 Å². The van der Waals surface area contributed by atoms with Crippen molar-refractivity contribution in [2.45, 2.75) is 13.0 Å². The fourth-order valence-corrected chi connectivity index (χ4v) is 1.22. The molecule has 0 aliphatic carbocycles. The summed E-state index contributed by atoms with van der Waals surface area (Å²) < 4.78 is 12.7. The van der Waals surface area contributed by atoms with Gasteiger partial charge in [-0.15, -0.1) is 0 Å². The van der Waals surface area contributed by atoms with Crippen LogP contribution in [-0.4, -0.2) is 23.1 Å². The normalized spacial score (nSPS) is 11.7. The number of benzene rings is 1. The number of anilines is 1. The lowest BCUT2D eigenvalue weighted by molar-refractivity contribution is -0.138. The van der Waals surface area contributed by atoms with Gasteiger partial charge in [-0.1, -0.05) is 11.6 Å². The number of nitrogens with one attached hydrogen (secondary N) is 2. The Kier molecular flexibility index (Phi) is 4.28. The number of hydrogen-bond donors (Lipinski definition) is 3. The van der Waals surface area contributed by atoms with Crippen molar-refractivity contribution in [3.8, 4) is 0 Å².